The van der Waals surface area contributed by atoms with E-state index in [0.717, 1.165) is 42.6 Å². The second-order valence-electron chi connectivity index (χ2n) is 8.13. The molecule has 0 heterocycles. The average Bonchev–Trinajstić information content (AvgIpc) is 2.58. The molecule has 0 aliphatic heterocycles. The Morgan fingerprint density at radius 1 is 1.04 bits per heavy atom. The molecule has 1 amide bonds. The lowest BCUT2D eigenvalue weighted by atomic mass is 9.53. The summed E-state index contributed by atoms with van der Waals surface area (Å²) < 4.78 is 4.69. The van der Waals surface area contributed by atoms with E-state index in [-0.39, 0.29) is 17.4 Å². The minimum Gasteiger partial charge on any atom is -0.465 e. The molecule has 1 N–H and O–H groups in total. The third-order valence-corrected chi connectivity index (χ3v) is 6.19. The molecule has 1 aromatic carbocycles. The predicted octanol–water partition coefficient (Wildman–Crippen LogP) is 3.57. The zero-order valence-corrected chi connectivity index (χ0v) is 14.7. The van der Waals surface area contributed by atoms with Gasteiger partial charge in [-0.2, -0.15) is 0 Å². The van der Waals surface area contributed by atoms with Crippen LogP contribution in [0.3, 0.4) is 0 Å². The quantitative estimate of drug-likeness (QED) is 0.674. The van der Waals surface area contributed by atoms with Crippen molar-refractivity contribution in [1.82, 2.24) is 5.32 Å². The van der Waals surface area contributed by atoms with Gasteiger partial charge in [0.1, 0.15) is 0 Å². The van der Waals surface area contributed by atoms with Crippen molar-refractivity contribution in [3.8, 4) is 0 Å². The molecular formula is C21H25NO3. The SMILES string of the molecule is COC(=O)c1ccc(/C=C/C(=O)NC23CC4CC(CC(C4)C2)C3)cc1. The zero-order chi connectivity index (χ0) is 17.4. The Hall–Kier alpha value is -2.10. The maximum atomic E-state index is 12.5. The summed E-state index contributed by atoms with van der Waals surface area (Å²) >= 11 is 0. The van der Waals surface area contributed by atoms with Crippen molar-refractivity contribution < 1.29 is 14.3 Å². The van der Waals surface area contributed by atoms with Crippen LogP contribution in [0.2, 0.25) is 0 Å². The molecule has 4 fully saturated rings. The monoisotopic (exact) mass is 339 g/mol. The highest BCUT2D eigenvalue weighted by atomic mass is 16.5. The molecule has 0 spiro atoms. The van der Waals surface area contributed by atoms with E-state index in [1.165, 1.54) is 26.4 Å². The van der Waals surface area contributed by atoms with E-state index in [1.807, 2.05) is 12.1 Å². The Bertz CT molecular complexity index is 669. The van der Waals surface area contributed by atoms with Crippen LogP contribution in [0, 0.1) is 17.8 Å². The Labute approximate surface area is 148 Å². The van der Waals surface area contributed by atoms with E-state index in [9.17, 15) is 9.59 Å². The Balaban J connectivity index is 1.39. The molecular weight excluding hydrogens is 314 g/mol. The first-order valence-electron chi connectivity index (χ1n) is 9.24. The van der Waals surface area contributed by atoms with Crippen LogP contribution in [-0.4, -0.2) is 24.5 Å². The average molecular weight is 339 g/mol. The minimum absolute atomic E-state index is 0.000931. The van der Waals surface area contributed by atoms with Gasteiger partial charge in [0.2, 0.25) is 5.91 Å². The molecule has 1 aromatic rings. The van der Waals surface area contributed by atoms with E-state index < -0.39 is 0 Å². The van der Waals surface area contributed by atoms with E-state index in [4.69, 9.17) is 0 Å². The van der Waals surface area contributed by atoms with Crippen molar-refractivity contribution in [2.24, 2.45) is 17.8 Å². The molecule has 132 valence electrons. The maximum Gasteiger partial charge on any atom is 0.337 e. The molecule has 0 saturated heterocycles. The van der Waals surface area contributed by atoms with Crippen LogP contribution in [0.1, 0.15) is 54.4 Å². The van der Waals surface area contributed by atoms with Crippen molar-refractivity contribution in [2.75, 3.05) is 7.11 Å². The molecule has 4 bridgehead atoms. The maximum absolute atomic E-state index is 12.5. The number of methoxy groups -OCH3 is 1. The van der Waals surface area contributed by atoms with E-state index in [0.29, 0.717) is 5.56 Å². The number of esters is 1. The van der Waals surface area contributed by atoms with Gasteiger partial charge in [0, 0.05) is 11.6 Å². The van der Waals surface area contributed by atoms with E-state index >= 15 is 0 Å². The molecule has 25 heavy (non-hydrogen) atoms. The lowest BCUT2D eigenvalue weighted by Gasteiger charge is -2.56. The van der Waals surface area contributed by atoms with Crippen molar-refractivity contribution in [1.29, 1.82) is 0 Å². The van der Waals surface area contributed by atoms with Gasteiger partial charge in [-0.15, -0.1) is 0 Å². The molecule has 5 rings (SSSR count). The topological polar surface area (TPSA) is 55.4 Å². The van der Waals surface area contributed by atoms with Gasteiger partial charge in [-0.3, -0.25) is 4.79 Å². The van der Waals surface area contributed by atoms with Crippen LogP contribution in [0.5, 0.6) is 0 Å². The fourth-order valence-electron chi connectivity index (χ4n) is 5.59. The lowest BCUT2D eigenvalue weighted by Crippen LogP contribution is -2.59. The van der Waals surface area contributed by atoms with Gasteiger partial charge in [0.25, 0.3) is 0 Å². The van der Waals surface area contributed by atoms with Gasteiger partial charge >= 0.3 is 5.97 Å². The molecule has 4 aliphatic rings. The van der Waals surface area contributed by atoms with Gasteiger partial charge in [-0.05, 0) is 80.1 Å². The second-order valence-corrected chi connectivity index (χ2v) is 8.13. The molecule has 4 aliphatic carbocycles. The Morgan fingerprint density at radius 3 is 2.12 bits per heavy atom. The minimum atomic E-state index is -0.352. The van der Waals surface area contributed by atoms with Gasteiger partial charge in [0.05, 0.1) is 12.7 Å². The first kappa shape index (κ1) is 16.4. The fourth-order valence-corrected chi connectivity index (χ4v) is 5.59. The highest BCUT2D eigenvalue weighted by Crippen LogP contribution is 2.55. The van der Waals surface area contributed by atoms with Gasteiger partial charge < -0.3 is 10.1 Å². The highest BCUT2D eigenvalue weighted by Gasteiger charge is 2.51. The van der Waals surface area contributed by atoms with Crippen molar-refractivity contribution in [3.63, 3.8) is 0 Å². The number of carbonyl (C=O) groups is 2. The number of benzene rings is 1. The first-order valence-corrected chi connectivity index (χ1v) is 9.24. The summed E-state index contributed by atoms with van der Waals surface area (Å²) in [6.45, 7) is 0. The number of hydrogen-bond acceptors (Lipinski definition) is 3. The summed E-state index contributed by atoms with van der Waals surface area (Å²) in [6.07, 6.45) is 11.0. The Morgan fingerprint density at radius 2 is 1.60 bits per heavy atom. The molecule has 0 atom stereocenters. The van der Waals surface area contributed by atoms with E-state index in [2.05, 4.69) is 10.1 Å². The summed E-state index contributed by atoms with van der Waals surface area (Å²) in [5.41, 5.74) is 1.45. The summed E-state index contributed by atoms with van der Waals surface area (Å²) in [4.78, 5) is 23.9. The van der Waals surface area contributed by atoms with Crippen molar-refractivity contribution in [3.05, 3.63) is 41.5 Å². The number of hydrogen-bond donors (Lipinski definition) is 1. The second kappa shape index (κ2) is 6.32. The third-order valence-electron chi connectivity index (χ3n) is 6.19. The van der Waals surface area contributed by atoms with Crippen molar-refractivity contribution >= 4 is 18.0 Å². The number of amides is 1. The van der Waals surface area contributed by atoms with Gasteiger partial charge in [0.15, 0.2) is 0 Å². The molecule has 0 aromatic heterocycles. The van der Waals surface area contributed by atoms with Gasteiger partial charge in [-0.1, -0.05) is 12.1 Å². The predicted molar refractivity (Wildman–Crippen MR) is 95.9 cm³/mol. The highest BCUT2D eigenvalue weighted by molar-refractivity contribution is 5.93. The summed E-state index contributed by atoms with van der Waals surface area (Å²) in [7, 11) is 1.37. The first-order chi connectivity index (χ1) is 12.0. The number of rotatable bonds is 4. The molecule has 0 radical (unpaired) electrons. The van der Waals surface area contributed by atoms with Crippen LogP contribution < -0.4 is 5.32 Å². The number of nitrogens with one attached hydrogen (secondary N) is 1. The van der Waals surface area contributed by atoms with Gasteiger partial charge in [-0.25, -0.2) is 4.79 Å². The van der Waals surface area contributed by atoms with Crippen molar-refractivity contribution in [2.45, 2.75) is 44.1 Å². The standard InChI is InChI=1S/C21H25NO3/c1-25-20(24)18-5-2-14(3-6-18)4-7-19(23)22-21-11-15-8-16(12-21)10-17(9-15)13-21/h2-7,15-17H,8-13H2,1H3,(H,22,23)/b7-4+. The fraction of sp³-hybridized carbons (Fsp3) is 0.524. The number of ether oxygens (including phenoxy) is 1. The molecule has 4 saturated carbocycles. The van der Waals surface area contributed by atoms with Crippen LogP contribution >= 0.6 is 0 Å². The summed E-state index contributed by atoms with van der Waals surface area (Å²) in [6, 6.07) is 7.06. The molecule has 4 heteroatoms. The summed E-state index contributed by atoms with van der Waals surface area (Å²) in [5.74, 6) is 2.11. The normalized spacial score (nSPS) is 32.8. The smallest absolute Gasteiger partial charge is 0.337 e. The summed E-state index contributed by atoms with van der Waals surface area (Å²) in [5, 5.41) is 3.33. The largest absolute Gasteiger partial charge is 0.465 e. The zero-order valence-electron chi connectivity index (χ0n) is 14.7. The van der Waals surface area contributed by atoms with Crippen LogP contribution in [0.4, 0.5) is 0 Å². The van der Waals surface area contributed by atoms with Crippen LogP contribution in [-0.2, 0) is 9.53 Å². The Kier molecular flexibility index (Phi) is 4.14. The lowest BCUT2D eigenvalue weighted by molar-refractivity contribution is -0.122. The number of carbonyl (C=O) groups excluding carboxylic acids is 2. The van der Waals surface area contributed by atoms with Crippen LogP contribution in [0.25, 0.3) is 6.08 Å². The van der Waals surface area contributed by atoms with Crippen LogP contribution in [0.15, 0.2) is 30.3 Å². The third kappa shape index (κ3) is 3.35. The molecule has 0 unspecified atom stereocenters. The molecule has 4 nitrogen and oxygen atoms in total. The van der Waals surface area contributed by atoms with E-state index in [1.54, 1.807) is 24.3 Å².